The van der Waals surface area contributed by atoms with Crippen LogP contribution in [0.3, 0.4) is 0 Å². The standard InChI is InChI=1S/C27H29N3/c1-19-17-22(13-9-5-6-10-16-28)23-14-15-24-25(21-11-7-3-4-8-12-21)18-20(2)30-27(24)26(23)29-19/h3-4,7,9,11-15,17-18H,5-6,8,10,16,28H2,1-2H3/b13-9+. The predicted molar refractivity (Wildman–Crippen MR) is 129 cm³/mol. The number of fused-ring (bicyclic) bond motifs is 3. The van der Waals surface area contributed by atoms with E-state index in [1.165, 1.54) is 16.7 Å². The molecule has 2 aromatic heterocycles. The molecule has 2 heterocycles. The number of allylic oxidation sites excluding steroid dienone is 7. The van der Waals surface area contributed by atoms with Crippen molar-refractivity contribution in [3.05, 3.63) is 83.2 Å². The van der Waals surface area contributed by atoms with E-state index in [0.717, 1.165) is 65.4 Å². The fourth-order valence-corrected chi connectivity index (χ4v) is 4.04. The van der Waals surface area contributed by atoms with Gasteiger partial charge in [0.15, 0.2) is 0 Å². The summed E-state index contributed by atoms with van der Waals surface area (Å²) in [5.74, 6) is 0. The number of benzene rings is 1. The lowest BCUT2D eigenvalue weighted by Gasteiger charge is -2.12. The number of hydrogen-bond donors (Lipinski definition) is 1. The molecule has 0 saturated carbocycles. The lowest BCUT2D eigenvalue weighted by molar-refractivity contribution is 0.760. The molecule has 30 heavy (non-hydrogen) atoms. The summed E-state index contributed by atoms with van der Waals surface area (Å²) in [6.07, 6.45) is 19.5. The number of nitrogens with zero attached hydrogens (tertiary/aromatic N) is 2. The maximum absolute atomic E-state index is 5.60. The van der Waals surface area contributed by atoms with Crippen LogP contribution >= 0.6 is 0 Å². The molecule has 1 aliphatic carbocycles. The third-order valence-corrected chi connectivity index (χ3v) is 5.48. The van der Waals surface area contributed by atoms with Gasteiger partial charge in [0.1, 0.15) is 0 Å². The van der Waals surface area contributed by atoms with E-state index < -0.39 is 0 Å². The Morgan fingerprint density at radius 2 is 1.73 bits per heavy atom. The number of rotatable bonds is 6. The van der Waals surface area contributed by atoms with Crippen LogP contribution in [0.15, 0.2) is 60.7 Å². The van der Waals surface area contributed by atoms with Crippen LogP contribution in [0.4, 0.5) is 0 Å². The first-order chi connectivity index (χ1) is 14.7. The zero-order chi connectivity index (χ0) is 20.9. The van der Waals surface area contributed by atoms with Crippen LogP contribution in [0, 0.1) is 13.8 Å². The number of nitrogens with two attached hydrogens (primary N) is 1. The van der Waals surface area contributed by atoms with E-state index in [1.807, 2.05) is 0 Å². The molecule has 3 nitrogen and oxygen atoms in total. The summed E-state index contributed by atoms with van der Waals surface area (Å²) >= 11 is 0. The van der Waals surface area contributed by atoms with Crippen molar-refractivity contribution in [3.63, 3.8) is 0 Å². The molecule has 0 saturated heterocycles. The molecular formula is C27H29N3. The highest BCUT2D eigenvalue weighted by Crippen LogP contribution is 2.32. The molecular weight excluding hydrogens is 366 g/mol. The molecule has 3 aromatic rings. The van der Waals surface area contributed by atoms with Gasteiger partial charge in [0, 0.05) is 22.2 Å². The van der Waals surface area contributed by atoms with E-state index in [9.17, 15) is 0 Å². The number of pyridine rings is 2. The summed E-state index contributed by atoms with van der Waals surface area (Å²) in [7, 11) is 0. The lowest BCUT2D eigenvalue weighted by atomic mass is 9.96. The molecule has 0 atom stereocenters. The maximum atomic E-state index is 5.60. The second-order valence-corrected chi connectivity index (χ2v) is 7.89. The number of hydrogen-bond acceptors (Lipinski definition) is 3. The van der Waals surface area contributed by atoms with Gasteiger partial charge in [-0.2, -0.15) is 0 Å². The minimum atomic E-state index is 0.756. The van der Waals surface area contributed by atoms with E-state index in [0.29, 0.717) is 0 Å². The Bertz CT molecular complexity index is 1200. The van der Waals surface area contributed by atoms with Crippen molar-refractivity contribution in [3.8, 4) is 0 Å². The Hall–Kier alpha value is -3.04. The smallest absolute Gasteiger partial charge is 0.0974 e. The zero-order valence-electron chi connectivity index (χ0n) is 17.9. The van der Waals surface area contributed by atoms with Gasteiger partial charge >= 0.3 is 0 Å². The molecule has 0 amide bonds. The van der Waals surface area contributed by atoms with Crippen LogP contribution in [0.5, 0.6) is 0 Å². The van der Waals surface area contributed by atoms with E-state index >= 15 is 0 Å². The molecule has 1 aliphatic rings. The highest BCUT2D eigenvalue weighted by atomic mass is 14.8. The third-order valence-electron chi connectivity index (χ3n) is 5.48. The Morgan fingerprint density at radius 3 is 2.57 bits per heavy atom. The van der Waals surface area contributed by atoms with Gasteiger partial charge in [0.2, 0.25) is 0 Å². The van der Waals surface area contributed by atoms with E-state index in [4.69, 9.17) is 15.7 Å². The highest BCUT2D eigenvalue weighted by molar-refractivity contribution is 6.09. The first kappa shape index (κ1) is 20.2. The van der Waals surface area contributed by atoms with Crippen molar-refractivity contribution >= 4 is 33.5 Å². The minimum Gasteiger partial charge on any atom is -0.330 e. The Balaban J connectivity index is 1.86. The molecule has 0 aliphatic heterocycles. The first-order valence-electron chi connectivity index (χ1n) is 10.8. The molecule has 0 bridgehead atoms. The van der Waals surface area contributed by atoms with E-state index in [-0.39, 0.29) is 0 Å². The van der Waals surface area contributed by atoms with Crippen molar-refractivity contribution in [1.82, 2.24) is 9.97 Å². The topological polar surface area (TPSA) is 51.8 Å². The van der Waals surface area contributed by atoms with Crippen molar-refractivity contribution in [1.29, 1.82) is 0 Å². The largest absolute Gasteiger partial charge is 0.330 e. The monoisotopic (exact) mass is 395 g/mol. The number of aryl methyl sites for hydroxylation is 2. The quantitative estimate of drug-likeness (QED) is 0.386. The first-order valence-corrected chi connectivity index (χ1v) is 10.8. The fourth-order valence-electron chi connectivity index (χ4n) is 4.04. The maximum Gasteiger partial charge on any atom is 0.0974 e. The van der Waals surface area contributed by atoms with Crippen LogP contribution < -0.4 is 5.73 Å². The Kier molecular flexibility index (Phi) is 6.20. The second kappa shape index (κ2) is 9.19. The molecule has 1 aromatic carbocycles. The molecule has 0 fully saturated rings. The van der Waals surface area contributed by atoms with Crippen LogP contribution in [0.2, 0.25) is 0 Å². The zero-order valence-corrected chi connectivity index (χ0v) is 17.9. The normalized spacial score (nSPS) is 14.0. The molecule has 0 spiro atoms. The van der Waals surface area contributed by atoms with Crippen molar-refractivity contribution in [2.45, 2.75) is 39.5 Å². The molecule has 0 radical (unpaired) electrons. The fraction of sp³-hybridized carbons (Fsp3) is 0.259. The van der Waals surface area contributed by atoms with Gasteiger partial charge in [-0.1, -0.05) is 54.7 Å². The van der Waals surface area contributed by atoms with E-state index in [1.54, 1.807) is 0 Å². The third kappa shape index (κ3) is 4.27. The van der Waals surface area contributed by atoms with Crippen molar-refractivity contribution in [2.24, 2.45) is 5.73 Å². The SMILES string of the molecule is Cc1cc(/C=C/CCCCN)c2ccc3c(C4=CCC=CC=C4)cc(C)nc3c2n1. The van der Waals surface area contributed by atoms with Crippen LogP contribution in [-0.4, -0.2) is 16.5 Å². The molecule has 4 rings (SSSR count). The summed E-state index contributed by atoms with van der Waals surface area (Å²) in [5.41, 5.74) is 13.3. The van der Waals surface area contributed by atoms with Gasteiger partial charge in [-0.3, -0.25) is 9.97 Å². The summed E-state index contributed by atoms with van der Waals surface area (Å²) < 4.78 is 0. The number of aromatic nitrogens is 2. The lowest BCUT2D eigenvalue weighted by Crippen LogP contribution is -1.97. The van der Waals surface area contributed by atoms with Crippen LogP contribution in [-0.2, 0) is 0 Å². The average Bonchev–Trinajstić information content (AvgIpc) is 3.02. The molecule has 2 N–H and O–H groups in total. The van der Waals surface area contributed by atoms with Gasteiger partial charge in [0.05, 0.1) is 11.0 Å². The molecule has 3 heteroatoms. The average molecular weight is 396 g/mol. The van der Waals surface area contributed by atoms with Gasteiger partial charge in [-0.15, -0.1) is 0 Å². The predicted octanol–water partition coefficient (Wildman–Crippen LogP) is 6.44. The highest BCUT2D eigenvalue weighted by Gasteiger charge is 2.13. The molecule has 152 valence electrons. The summed E-state index contributed by atoms with van der Waals surface area (Å²) in [6, 6.07) is 8.74. The Morgan fingerprint density at radius 1 is 0.967 bits per heavy atom. The van der Waals surface area contributed by atoms with Crippen LogP contribution in [0.1, 0.15) is 48.2 Å². The van der Waals surface area contributed by atoms with E-state index in [2.05, 4.69) is 80.6 Å². The molecule has 0 unspecified atom stereocenters. The second-order valence-electron chi connectivity index (χ2n) is 7.89. The number of unbranched alkanes of at least 4 members (excludes halogenated alkanes) is 2. The van der Waals surface area contributed by atoms with Crippen molar-refractivity contribution < 1.29 is 0 Å². The van der Waals surface area contributed by atoms with Crippen LogP contribution in [0.25, 0.3) is 33.5 Å². The summed E-state index contributed by atoms with van der Waals surface area (Å²) in [6.45, 7) is 4.88. The summed E-state index contributed by atoms with van der Waals surface area (Å²) in [5, 5.41) is 2.31. The van der Waals surface area contributed by atoms with Gasteiger partial charge < -0.3 is 5.73 Å². The summed E-state index contributed by atoms with van der Waals surface area (Å²) in [4.78, 5) is 9.82. The Labute approximate surface area is 178 Å². The van der Waals surface area contributed by atoms with Gasteiger partial charge in [-0.25, -0.2) is 0 Å². The minimum absolute atomic E-state index is 0.756. The van der Waals surface area contributed by atoms with Gasteiger partial charge in [0.25, 0.3) is 0 Å². The van der Waals surface area contributed by atoms with Gasteiger partial charge in [-0.05, 0) is 74.9 Å². The van der Waals surface area contributed by atoms with Crippen molar-refractivity contribution in [2.75, 3.05) is 6.54 Å².